The highest BCUT2D eigenvalue weighted by Gasteiger charge is 2.50. The van der Waals surface area contributed by atoms with Gasteiger partial charge in [-0.3, -0.25) is 4.79 Å². The molecule has 1 aliphatic heterocycles. The third-order valence-corrected chi connectivity index (χ3v) is 1.93. The molecule has 0 amide bonds. The van der Waals surface area contributed by atoms with E-state index in [0.717, 1.165) is 0 Å². The molecule has 5 nitrogen and oxygen atoms in total. The van der Waals surface area contributed by atoms with Crippen molar-refractivity contribution < 1.29 is 27.8 Å². The Morgan fingerprint density at radius 2 is 2.40 bits per heavy atom. The molecule has 1 aliphatic rings. The Balaban J connectivity index is 2.25. The molecule has 0 spiro atoms. The number of esters is 2. The normalized spacial score (nSPS) is 23.7. The van der Waals surface area contributed by atoms with Gasteiger partial charge in [0.1, 0.15) is 6.10 Å². The van der Waals surface area contributed by atoms with Crippen LogP contribution in [0.2, 0.25) is 0 Å². The van der Waals surface area contributed by atoms with Crippen molar-refractivity contribution >= 4 is 11.9 Å². The fourth-order valence-corrected chi connectivity index (χ4v) is 1.17. The second kappa shape index (κ2) is 4.52. The molecule has 0 aliphatic carbocycles. The number of carbonyl (C=O) groups excluding carboxylic acids is 2. The summed E-state index contributed by atoms with van der Waals surface area (Å²) in [5, 5.41) is 2.55. The highest BCUT2D eigenvalue weighted by Crippen LogP contribution is 2.30. The molecule has 1 N–H and O–H groups in total. The van der Waals surface area contributed by atoms with Crippen molar-refractivity contribution in [2.24, 2.45) is 0 Å². The van der Waals surface area contributed by atoms with Crippen LogP contribution in [0.15, 0.2) is 0 Å². The van der Waals surface area contributed by atoms with Crippen molar-refractivity contribution in [2.45, 2.75) is 18.4 Å². The van der Waals surface area contributed by atoms with Gasteiger partial charge in [-0.15, -0.1) is 0 Å². The number of hydrogen-bond donors (Lipinski definition) is 1. The first-order valence-electron chi connectivity index (χ1n) is 4.32. The summed E-state index contributed by atoms with van der Waals surface area (Å²) < 4.78 is 34.0. The van der Waals surface area contributed by atoms with Crippen LogP contribution in [-0.4, -0.2) is 44.2 Å². The third kappa shape index (κ3) is 3.12. The molecular weight excluding hydrogens is 212 g/mol. The highest BCUT2D eigenvalue weighted by molar-refractivity contribution is 5.79. The number of cyclic esters (lactones) is 1. The average Bonchev–Trinajstić information content (AvgIpc) is 2.40. The van der Waals surface area contributed by atoms with E-state index in [-0.39, 0.29) is 13.1 Å². The summed E-state index contributed by atoms with van der Waals surface area (Å²) in [6.07, 6.45) is -1.54. The van der Waals surface area contributed by atoms with Gasteiger partial charge in [-0.25, -0.2) is 4.79 Å². The lowest BCUT2D eigenvalue weighted by atomic mass is 10.2. The maximum atomic E-state index is 12.6. The summed E-state index contributed by atoms with van der Waals surface area (Å²) in [6, 6.07) is 0. The van der Waals surface area contributed by atoms with E-state index in [0.29, 0.717) is 0 Å². The Morgan fingerprint density at radius 1 is 1.73 bits per heavy atom. The molecule has 7 heteroatoms. The molecule has 0 saturated carbocycles. The van der Waals surface area contributed by atoms with E-state index in [4.69, 9.17) is 0 Å². The van der Waals surface area contributed by atoms with Gasteiger partial charge in [-0.2, -0.15) is 8.78 Å². The first-order valence-corrected chi connectivity index (χ1v) is 4.32. The van der Waals surface area contributed by atoms with Gasteiger partial charge < -0.3 is 14.8 Å². The minimum absolute atomic E-state index is 0.0103. The number of methoxy groups -OCH3 is 1. The van der Waals surface area contributed by atoms with E-state index in [9.17, 15) is 18.4 Å². The Labute approximate surface area is 84.7 Å². The number of rotatable bonds is 4. The van der Waals surface area contributed by atoms with Crippen LogP contribution in [0, 0.1) is 0 Å². The first kappa shape index (κ1) is 11.8. The third-order valence-electron chi connectivity index (χ3n) is 1.93. The van der Waals surface area contributed by atoms with E-state index < -0.39 is 30.4 Å². The minimum atomic E-state index is -3.41. The maximum Gasteiger partial charge on any atom is 0.377 e. The van der Waals surface area contributed by atoms with Crippen molar-refractivity contribution in [3.63, 3.8) is 0 Å². The predicted molar refractivity (Wildman–Crippen MR) is 44.3 cm³/mol. The molecule has 0 aromatic rings. The van der Waals surface area contributed by atoms with E-state index in [1.165, 1.54) is 7.11 Å². The van der Waals surface area contributed by atoms with Crippen LogP contribution in [0.3, 0.4) is 0 Å². The minimum Gasteiger partial charge on any atom is -0.468 e. The van der Waals surface area contributed by atoms with Crippen LogP contribution in [0.1, 0.15) is 6.42 Å². The first-order chi connectivity index (χ1) is 6.95. The van der Waals surface area contributed by atoms with E-state index in [2.05, 4.69) is 14.8 Å². The molecule has 1 rings (SSSR count). The molecule has 1 unspecified atom stereocenters. The zero-order valence-electron chi connectivity index (χ0n) is 8.09. The van der Waals surface area contributed by atoms with Crippen LogP contribution in [0.5, 0.6) is 0 Å². The Morgan fingerprint density at radius 3 is 2.87 bits per heavy atom. The van der Waals surface area contributed by atoms with Gasteiger partial charge in [0.2, 0.25) is 0 Å². The topological polar surface area (TPSA) is 64.6 Å². The van der Waals surface area contributed by atoms with Gasteiger partial charge >= 0.3 is 17.9 Å². The molecule has 0 aromatic carbocycles. The Bertz CT molecular complexity index is 269. The van der Waals surface area contributed by atoms with Crippen LogP contribution in [0.25, 0.3) is 0 Å². The van der Waals surface area contributed by atoms with Gasteiger partial charge in [-0.1, -0.05) is 0 Å². The number of halogens is 2. The standard InChI is InChI=1S/C8H11F2NO4/c1-14-6(12)4-11-3-5-2-8(9,10)7(13)15-5/h5,11H,2-4H2,1H3. The molecule has 1 saturated heterocycles. The molecule has 15 heavy (non-hydrogen) atoms. The number of ether oxygens (including phenoxy) is 2. The van der Waals surface area contributed by atoms with Crippen molar-refractivity contribution in [1.29, 1.82) is 0 Å². The van der Waals surface area contributed by atoms with Crippen molar-refractivity contribution in [3.05, 3.63) is 0 Å². The second-order valence-electron chi connectivity index (χ2n) is 3.14. The molecule has 0 radical (unpaired) electrons. The van der Waals surface area contributed by atoms with Gasteiger partial charge in [0.25, 0.3) is 0 Å². The molecule has 86 valence electrons. The predicted octanol–water partition coefficient (Wildman–Crippen LogP) is -0.300. The summed E-state index contributed by atoms with van der Waals surface area (Å²) in [5.41, 5.74) is 0. The Hall–Kier alpha value is -1.24. The summed E-state index contributed by atoms with van der Waals surface area (Å²) >= 11 is 0. The zero-order valence-corrected chi connectivity index (χ0v) is 8.09. The van der Waals surface area contributed by atoms with E-state index in [1.807, 2.05) is 0 Å². The average molecular weight is 223 g/mol. The zero-order chi connectivity index (χ0) is 11.5. The van der Waals surface area contributed by atoms with E-state index in [1.54, 1.807) is 0 Å². The van der Waals surface area contributed by atoms with Crippen molar-refractivity contribution in [3.8, 4) is 0 Å². The van der Waals surface area contributed by atoms with Gasteiger partial charge in [0.15, 0.2) is 0 Å². The Kier molecular flexibility index (Phi) is 3.57. The highest BCUT2D eigenvalue weighted by atomic mass is 19.3. The van der Waals surface area contributed by atoms with Gasteiger partial charge in [0.05, 0.1) is 20.1 Å². The van der Waals surface area contributed by atoms with Crippen molar-refractivity contribution in [1.82, 2.24) is 5.32 Å². The lowest BCUT2D eigenvalue weighted by Crippen LogP contribution is -2.31. The fourth-order valence-electron chi connectivity index (χ4n) is 1.17. The monoisotopic (exact) mass is 223 g/mol. The van der Waals surface area contributed by atoms with Crippen LogP contribution >= 0.6 is 0 Å². The summed E-state index contributed by atoms with van der Waals surface area (Å²) in [4.78, 5) is 21.2. The smallest absolute Gasteiger partial charge is 0.377 e. The van der Waals surface area contributed by atoms with Crippen LogP contribution in [-0.2, 0) is 19.1 Å². The maximum absolute atomic E-state index is 12.6. The van der Waals surface area contributed by atoms with Gasteiger partial charge in [-0.05, 0) is 0 Å². The van der Waals surface area contributed by atoms with E-state index >= 15 is 0 Å². The fraction of sp³-hybridized carbons (Fsp3) is 0.750. The largest absolute Gasteiger partial charge is 0.468 e. The summed E-state index contributed by atoms with van der Waals surface area (Å²) in [7, 11) is 1.22. The number of hydrogen-bond acceptors (Lipinski definition) is 5. The van der Waals surface area contributed by atoms with Crippen molar-refractivity contribution in [2.75, 3.05) is 20.2 Å². The molecule has 1 fully saturated rings. The second-order valence-corrected chi connectivity index (χ2v) is 3.14. The summed E-state index contributed by atoms with van der Waals surface area (Å²) in [6.45, 7) is -0.0907. The molecule has 0 bridgehead atoms. The molecule has 1 atom stereocenters. The molecular formula is C8H11F2NO4. The summed E-state index contributed by atoms with van der Waals surface area (Å²) in [5.74, 6) is -5.42. The SMILES string of the molecule is COC(=O)CNCC1CC(F)(F)C(=O)O1. The lowest BCUT2D eigenvalue weighted by Gasteiger charge is -2.08. The number of nitrogens with one attached hydrogen (secondary N) is 1. The van der Waals surface area contributed by atoms with Crippen LogP contribution < -0.4 is 5.32 Å². The number of alkyl halides is 2. The van der Waals surface area contributed by atoms with Crippen LogP contribution in [0.4, 0.5) is 8.78 Å². The molecule has 1 heterocycles. The van der Waals surface area contributed by atoms with Gasteiger partial charge in [0, 0.05) is 6.54 Å². The molecule has 0 aromatic heterocycles. The number of carbonyl (C=O) groups is 2. The quantitative estimate of drug-likeness (QED) is 0.663. The lowest BCUT2D eigenvalue weighted by molar-refractivity contribution is -0.158.